The number of hydrogen-bond acceptors (Lipinski definition) is 2. The molecule has 0 fully saturated rings. The number of carbonyl (C=O) groups is 1. The first kappa shape index (κ1) is 15.2. The first-order valence-electron chi connectivity index (χ1n) is 3.01. The molecule has 0 heterocycles. The molecule has 0 radical (unpaired) electrons. The van der Waals surface area contributed by atoms with Gasteiger partial charge in [-0.2, -0.15) is 0 Å². The Kier molecular flexibility index (Phi) is 9.03. The molecule has 0 aromatic carbocycles. The normalized spacial score (nSPS) is 11.0. The van der Waals surface area contributed by atoms with Crippen LogP contribution in [-0.2, 0) is 9.53 Å². The van der Waals surface area contributed by atoms with Crippen molar-refractivity contribution in [3.8, 4) is 0 Å². The van der Waals surface area contributed by atoms with E-state index in [1.54, 1.807) is 0 Å². The van der Waals surface area contributed by atoms with Crippen LogP contribution in [0.25, 0.3) is 0 Å². The van der Waals surface area contributed by atoms with E-state index in [9.17, 15) is 17.7 Å². The molecule has 0 spiro atoms. The minimum absolute atomic E-state index is 0. The summed E-state index contributed by atoms with van der Waals surface area (Å²) in [5, 5.41) is 0. The van der Waals surface area contributed by atoms with E-state index in [-0.39, 0.29) is 64.0 Å². The van der Waals surface area contributed by atoms with Gasteiger partial charge in [-0.05, 0) is 13.0 Å². The van der Waals surface area contributed by atoms with Crippen LogP contribution >= 0.6 is 0 Å². The molecule has 12 heavy (non-hydrogen) atoms. The molecule has 0 aliphatic rings. The van der Waals surface area contributed by atoms with Gasteiger partial charge in [0.2, 0.25) is 0 Å². The second-order valence-electron chi connectivity index (χ2n) is 1.74. The number of rotatable bonds is 3. The second kappa shape index (κ2) is 7.14. The maximum atomic E-state index is 11.4. The molecule has 0 amide bonds. The SMILES string of the molecule is CCOC(=O)/C=C/[B-](F)(F)F.[K+]. The molecule has 64 valence electrons. The molecule has 0 N–H and O–H groups in total. The predicted octanol–water partition coefficient (Wildman–Crippen LogP) is -1.50. The summed E-state index contributed by atoms with van der Waals surface area (Å²) in [7, 11) is 0. The fourth-order valence-electron chi connectivity index (χ4n) is 0.378. The Labute approximate surface area is 111 Å². The van der Waals surface area contributed by atoms with Crippen molar-refractivity contribution in [2.24, 2.45) is 0 Å². The maximum Gasteiger partial charge on any atom is 1.00 e. The molecule has 2 nitrogen and oxygen atoms in total. The molecule has 0 atom stereocenters. The molecule has 0 unspecified atom stereocenters. The Hall–Kier alpha value is 0.701. The number of carbonyl (C=O) groups excluding carboxylic acids is 1. The van der Waals surface area contributed by atoms with Crippen molar-refractivity contribution in [2.75, 3.05) is 6.61 Å². The Morgan fingerprint density at radius 2 is 2.00 bits per heavy atom. The first-order valence-corrected chi connectivity index (χ1v) is 3.01. The molecule has 0 bridgehead atoms. The van der Waals surface area contributed by atoms with Gasteiger partial charge in [-0.3, -0.25) is 0 Å². The molecule has 0 rings (SSSR count). The molecule has 0 aromatic heterocycles. The minimum atomic E-state index is -5.03. The predicted molar refractivity (Wildman–Crippen MR) is 34.9 cm³/mol. The second-order valence-corrected chi connectivity index (χ2v) is 1.74. The molecule has 0 aliphatic carbocycles. The molecular weight excluding hydrogens is 199 g/mol. The summed E-state index contributed by atoms with van der Waals surface area (Å²) >= 11 is 0. The van der Waals surface area contributed by atoms with E-state index in [0.717, 1.165) is 0 Å². The summed E-state index contributed by atoms with van der Waals surface area (Å²) in [5.41, 5.74) is 0. The van der Waals surface area contributed by atoms with Gasteiger partial charge in [-0.15, -0.1) is 5.98 Å². The van der Waals surface area contributed by atoms with E-state index in [4.69, 9.17) is 0 Å². The Balaban J connectivity index is 0. The molecular formula is C5H7BF3KO2. The van der Waals surface area contributed by atoms with Crippen LogP contribution in [0.5, 0.6) is 0 Å². The zero-order valence-corrected chi connectivity index (χ0v) is 10.0. The van der Waals surface area contributed by atoms with Gasteiger partial charge in [-0.25, -0.2) is 4.79 Å². The third-order valence-corrected chi connectivity index (χ3v) is 0.737. The zero-order valence-electron chi connectivity index (χ0n) is 6.89. The quantitative estimate of drug-likeness (QED) is 0.319. The van der Waals surface area contributed by atoms with Crippen LogP contribution in [0, 0.1) is 0 Å². The molecule has 0 aromatic rings. The average molecular weight is 206 g/mol. The van der Waals surface area contributed by atoms with E-state index in [1.807, 2.05) is 0 Å². The van der Waals surface area contributed by atoms with Gasteiger partial charge >= 0.3 is 64.3 Å². The van der Waals surface area contributed by atoms with Crippen molar-refractivity contribution in [1.29, 1.82) is 0 Å². The van der Waals surface area contributed by atoms with E-state index in [0.29, 0.717) is 6.08 Å². The van der Waals surface area contributed by atoms with Gasteiger partial charge in [0, 0.05) is 0 Å². The minimum Gasteiger partial charge on any atom is -0.463 e. The summed E-state index contributed by atoms with van der Waals surface area (Å²) in [4.78, 5) is 10.3. The largest absolute Gasteiger partial charge is 1.00 e. The van der Waals surface area contributed by atoms with Gasteiger partial charge in [0.15, 0.2) is 0 Å². The van der Waals surface area contributed by atoms with Crippen molar-refractivity contribution in [1.82, 2.24) is 0 Å². The number of esters is 1. The van der Waals surface area contributed by atoms with E-state index in [2.05, 4.69) is 4.74 Å². The van der Waals surface area contributed by atoms with Crippen LogP contribution in [0.3, 0.4) is 0 Å². The monoisotopic (exact) mass is 206 g/mol. The fourth-order valence-corrected chi connectivity index (χ4v) is 0.378. The van der Waals surface area contributed by atoms with Gasteiger partial charge < -0.3 is 17.7 Å². The van der Waals surface area contributed by atoms with Crippen molar-refractivity contribution < 1.29 is 73.9 Å². The van der Waals surface area contributed by atoms with Crippen LogP contribution in [0.1, 0.15) is 6.92 Å². The van der Waals surface area contributed by atoms with Crippen molar-refractivity contribution in [2.45, 2.75) is 6.92 Å². The third-order valence-electron chi connectivity index (χ3n) is 0.737. The fraction of sp³-hybridized carbons (Fsp3) is 0.400. The van der Waals surface area contributed by atoms with Gasteiger partial charge in [0.1, 0.15) is 0 Å². The molecule has 0 saturated heterocycles. The standard InChI is InChI=1S/C5H7BF3O2.K/c1-2-11-5(10)3-4-6(7,8)9;/h3-4H,2H2,1H3;/q-1;+1/b4-3+;. The number of ether oxygens (including phenoxy) is 1. The Bertz CT molecular complexity index is 169. The topological polar surface area (TPSA) is 26.3 Å². The summed E-state index contributed by atoms with van der Waals surface area (Å²) < 4.78 is 38.5. The number of hydrogen-bond donors (Lipinski definition) is 0. The van der Waals surface area contributed by atoms with Gasteiger partial charge in [0.25, 0.3) is 0 Å². The molecule has 0 saturated carbocycles. The van der Waals surface area contributed by atoms with E-state index < -0.39 is 12.9 Å². The molecule has 0 aliphatic heterocycles. The summed E-state index contributed by atoms with van der Waals surface area (Å²) in [5.74, 6) is -1.07. The average Bonchev–Trinajstić information content (AvgIpc) is 1.83. The van der Waals surface area contributed by atoms with Crippen LogP contribution < -0.4 is 51.4 Å². The summed E-state index contributed by atoms with van der Waals surface area (Å²) in [6.45, 7) is -3.43. The van der Waals surface area contributed by atoms with Crippen molar-refractivity contribution in [3.63, 3.8) is 0 Å². The van der Waals surface area contributed by atoms with Crippen LogP contribution in [-0.4, -0.2) is 19.6 Å². The van der Waals surface area contributed by atoms with Gasteiger partial charge in [0.05, 0.1) is 6.61 Å². The molecule has 7 heteroatoms. The first-order chi connectivity index (χ1) is 4.95. The van der Waals surface area contributed by atoms with E-state index in [1.165, 1.54) is 6.92 Å². The maximum absolute atomic E-state index is 11.4. The summed E-state index contributed by atoms with van der Waals surface area (Å²) in [6.07, 6.45) is 0.378. The van der Waals surface area contributed by atoms with Gasteiger partial charge in [-0.1, -0.05) is 0 Å². The Morgan fingerprint density at radius 3 is 2.33 bits per heavy atom. The summed E-state index contributed by atoms with van der Waals surface area (Å²) in [6, 6.07) is 0. The zero-order chi connectivity index (χ0) is 8.91. The van der Waals surface area contributed by atoms with Crippen LogP contribution in [0.15, 0.2) is 12.1 Å². The van der Waals surface area contributed by atoms with Crippen molar-refractivity contribution in [3.05, 3.63) is 12.1 Å². The van der Waals surface area contributed by atoms with E-state index >= 15 is 0 Å². The smallest absolute Gasteiger partial charge is 0.463 e. The number of halogens is 3. The Morgan fingerprint density at radius 1 is 1.50 bits per heavy atom. The van der Waals surface area contributed by atoms with Crippen LogP contribution in [0.4, 0.5) is 12.9 Å². The van der Waals surface area contributed by atoms with Crippen LogP contribution in [0.2, 0.25) is 0 Å². The third kappa shape index (κ3) is 10.7. The van der Waals surface area contributed by atoms with Crippen molar-refractivity contribution >= 4 is 12.9 Å².